The minimum Gasteiger partial charge on any atom is -0.269 e. The van der Waals surface area contributed by atoms with Gasteiger partial charge in [0.15, 0.2) is 0 Å². The molecule has 0 unspecified atom stereocenters. The van der Waals surface area contributed by atoms with E-state index in [1.165, 1.54) is 0 Å². The summed E-state index contributed by atoms with van der Waals surface area (Å²) >= 11 is 0. The average Bonchev–Trinajstić information content (AvgIpc) is 2.35. The SMILES string of the molecule is CS(=O)(=O)Cl.CS(=O)(=O)OCC12CC(c3ccccc3)(C1)C2(F)F. The zero-order valence-corrected chi connectivity index (χ0v) is 15.4. The third-order valence-electron chi connectivity index (χ3n) is 4.42. The molecule has 0 aliphatic heterocycles. The number of halogens is 3. The van der Waals surface area contributed by atoms with Crippen LogP contribution in [0.5, 0.6) is 0 Å². The van der Waals surface area contributed by atoms with Crippen molar-refractivity contribution in [2.24, 2.45) is 5.41 Å². The Balaban J connectivity index is 0.000000368. The van der Waals surface area contributed by atoms with Crippen molar-refractivity contribution in [3.05, 3.63) is 35.9 Å². The summed E-state index contributed by atoms with van der Waals surface area (Å²) in [6.07, 6.45) is 2.37. The van der Waals surface area contributed by atoms with Gasteiger partial charge in [0.25, 0.3) is 16.0 Å². The van der Waals surface area contributed by atoms with E-state index in [9.17, 15) is 25.6 Å². The van der Waals surface area contributed by atoms with Crippen LogP contribution in [-0.2, 0) is 28.8 Å². The van der Waals surface area contributed by atoms with E-state index in [0.29, 0.717) is 5.56 Å². The van der Waals surface area contributed by atoms with Gasteiger partial charge < -0.3 is 0 Å². The number of rotatable bonds is 4. The van der Waals surface area contributed by atoms with Crippen LogP contribution in [-0.4, -0.2) is 41.9 Å². The van der Waals surface area contributed by atoms with Crippen LogP contribution in [0.4, 0.5) is 8.78 Å². The quantitative estimate of drug-likeness (QED) is 0.571. The van der Waals surface area contributed by atoms with Crippen LogP contribution in [0, 0.1) is 5.41 Å². The highest BCUT2D eigenvalue weighted by Gasteiger charge is 2.88. The van der Waals surface area contributed by atoms with Gasteiger partial charge in [-0.3, -0.25) is 4.18 Å². The Labute approximate surface area is 144 Å². The van der Waals surface area contributed by atoms with Crippen LogP contribution in [0.25, 0.3) is 0 Å². The number of alkyl halides is 2. The molecular formula is C14H17ClF2O5S2. The van der Waals surface area contributed by atoms with Gasteiger partial charge in [-0.05, 0) is 18.4 Å². The predicted molar refractivity (Wildman–Crippen MR) is 86.2 cm³/mol. The minimum atomic E-state index is -3.68. The molecular weight excluding hydrogens is 386 g/mol. The molecule has 3 saturated carbocycles. The Morgan fingerprint density at radius 1 is 1.08 bits per heavy atom. The molecule has 0 saturated heterocycles. The second-order valence-electron chi connectivity index (χ2n) is 6.30. The molecule has 136 valence electrons. The Bertz CT molecular complexity index is 808. The summed E-state index contributed by atoms with van der Waals surface area (Å²) in [5.74, 6) is -2.90. The molecule has 3 aliphatic carbocycles. The van der Waals surface area contributed by atoms with Gasteiger partial charge in [0, 0.05) is 10.7 Å². The van der Waals surface area contributed by atoms with E-state index in [4.69, 9.17) is 0 Å². The van der Waals surface area contributed by atoms with Crippen LogP contribution in [0.3, 0.4) is 0 Å². The molecule has 0 spiro atoms. The van der Waals surface area contributed by atoms with E-state index < -0.39 is 42.5 Å². The Morgan fingerprint density at radius 3 is 1.92 bits per heavy atom. The van der Waals surface area contributed by atoms with E-state index in [1.807, 2.05) is 0 Å². The van der Waals surface area contributed by atoms with Crippen LogP contribution in [0.2, 0.25) is 0 Å². The second-order valence-corrected chi connectivity index (χ2v) is 11.0. The lowest BCUT2D eigenvalue weighted by Gasteiger charge is -2.75. The van der Waals surface area contributed by atoms with Crippen LogP contribution < -0.4 is 0 Å². The zero-order chi connectivity index (χ0) is 18.4. The molecule has 0 amide bonds. The highest BCUT2D eigenvalue weighted by molar-refractivity contribution is 8.13. The first-order valence-electron chi connectivity index (χ1n) is 6.90. The van der Waals surface area contributed by atoms with Gasteiger partial charge in [-0.15, -0.1) is 0 Å². The summed E-state index contributed by atoms with van der Waals surface area (Å²) in [6.45, 7) is -0.423. The first kappa shape index (κ1) is 19.6. The summed E-state index contributed by atoms with van der Waals surface area (Å²) in [4.78, 5) is 0. The smallest absolute Gasteiger partial charge is 0.265 e. The molecule has 2 bridgehead atoms. The molecule has 0 aromatic heterocycles. The maximum absolute atomic E-state index is 14.3. The lowest BCUT2D eigenvalue weighted by atomic mass is 9.31. The Morgan fingerprint density at radius 2 is 1.54 bits per heavy atom. The van der Waals surface area contributed by atoms with E-state index in [1.54, 1.807) is 30.3 Å². The van der Waals surface area contributed by atoms with Crippen molar-refractivity contribution < 1.29 is 29.8 Å². The van der Waals surface area contributed by atoms with E-state index in [0.717, 1.165) is 12.5 Å². The van der Waals surface area contributed by atoms with Crippen LogP contribution >= 0.6 is 10.7 Å². The van der Waals surface area contributed by atoms with Gasteiger partial charge >= 0.3 is 0 Å². The molecule has 1 aromatic rings. The van der Waals surface area contributed by atoms with Crippen LogP contribution in [0.15, 0.2) is 30.3 Å². The minimum absolute atomic E-state index is 0.284. The lowest BCUT2D eigenvalue weighted by molar-refractivity contribution is -0.377. The zero-order valence-electron chi connectivity index (χ0n) is 13.0. The van der Waals surface area contributed by atoms with Crippen molar-refractivity contribution in [2.75, 3.05) is 19.1 Å². The standard InChI is InChI=1S/C13H14F2O3S.CH3ClO2S/c1-19(16,17)18-9-11-7-12(8-11,13(11,14)15)10-5-3-2-4-6-10;1-5(2,3)4/h2-6H,7-9H2,1H3;1H3. The molecule has 0 N–H and O–H groups in total. The van der Waals surface area contributed by atoms with Crippen molar-refractivity contribution in [3.63, 3.8) is 0 Å². The third-order valence-corrected chi connectivity index (χ3v) is 4.97. The van der Waals surface area contributed by atoms with E-state index in [-0.39, 0.29) is 12.8 Å². The fourth-order valence-electron chi connectivity index (χ4n) is 3.40. The van der Waals surface area contributed by atoms with Gasteiger partial charge in [-0.25, -0.2) is 17.2 Å². The summed E-state index contributed by atoms with van der Waals surface area (Å²) in [5, 5.41) is 0. The molecule has 1 aromatic carbocycles. The molecule has 24 heavy (non-hydrogen) atoms. The normalized spacial score (nSPS) is 30.4. The molecule has 5 nitrogen and oxygen atoms in total. The van der Waals surface area contributed by atoms with E-state index in [2.05, 4.69) is 14.9 Å². The highest BCUT2D eigenvalue weighted by atomic mass is 35.7. The van der Waals surface area contributed by atoms with Gasteiger partial charge in [0.1, 0.15) is 0 Å². The first-order chi connectivity index (χ1) is 10.7. The largest absolute Gasteiger partial charge is 0.269 e. The van der Waals surface area contributed by atoms with Gasteiger partial charge in [0.05, 0.1) is 29.9 Å². The number of benzene rings is 1. The van der Waals surface area contributed by atoms with Crippen molar-refractivity contribution in [1.82, 2.24) is 0 Å². The van der Waals surface area contributed by atoms with E-state index >= 15 is 0 Å². The Kier molecular flexibility index (Phi) is 4.80. The maximum atomic E-state index is 14.3. The van der Waals surface area contributed by atoms with Crippen LogP contribution in [0.1, 0.15) is 18.4 Å². The predicted octanol–water partition coefficient (Wildman–Crippen LogP) is 2.51. The fourth-order valence-corrected chi connectivity index (χ4v) is 3.84. The second kappa shape index (κ2) is 5.89. The molecule has 3 fully saturated rings. The summed E-state index contributed by atoms with van der Waals surface area (Å²) < 4.78 is 73.8. The third kappa shape index (κ3) is 3.44. The van der Waals surface area contributed by atoms with Gasteiger partial charge in [0.2, 0.25) is 9.05 Å². The molecule has 0 heterocycles. The molecule has 0 atom stereocenters. The summed E-state index contributed by atoms with van der Waals surface area (Å²) in [7, 11) is -2.37. The Hall–Kier alpha value is -0.770. The average molecular weight is 403 g/mol. The maximum Gasteiger partial charge on any atom is 0.265 e. The molecule has 10 heteroatoms. The van der Waals surface area contributed by atoms with Crippen molar-refractivity contribution in [1.29, 1.82) is 0 Å². The molecule has 0 radical (unpaired) electrons. The van der Waals surface area contributed by atoms with Crippen molar-refractivity contribution in [3.8, 4) is 0 Å². The molecule has 3 aliphatic rings. The van der Waals surface area contributed by atoms with Crippen molar-refractivity contribution >= 4 is 29.9 Å². The van der Waals surface area contributed by atoms with Gasteiger partial charge in [-0.1, -0.05) is 30.3 Å². The topological polar surface area (TPSA) is 77.5 Å². The lowest BCUT2D eigenvalue weighted by Crippen LogP contribution is -2.82. The van der Waals surface area contributed by atoms with Gasteiger partial charge in [-0.2, -0.15) is 8.42 Å². The first-order valence-corrected chi connectivity index (χ1v) is 11.4. The monoisotopic (exact) mass is 402 g/mol. The number of hydrogen-bond donors (Lipinski definition) is 0. The fraction of sp³-hybridized carbons (Fsp3) is 0.571. The summed E-state index contributed by atoms with van der Waals surface area (Å²) in [5.41, 5.74) is -1.79. The highest BCUT2D eigenvalue weighted by Crippen LogP contribution is 2.81. The van der Waals surface area contributed by atoms with Crippen molar-refractivity contribution in [2.45, 2.75) is 24.2 Å². The summed E-state index contributed by atoms with van der Waals surface area (Å²) in [6, 6.07) is 8.68. The number of hydrogen-bond acceptors (Lipinski definition) is 5. The molecule has 4 rings (SSSR count).